The summed E-state index contributed by atoms with van der Waals surface area (Å²) in [5, 5.41) is 0.728. The summed E-state index contributed by atoms with van der Waals surface area (Å²) in [6.07, 6.45) is 7.10. The largest absolute Gasteiger partial charge is 0.497 e. The Balaban J connectivity index is 1.97. The number of ketones is 1. The molecule has 0 saturated heterocycles. The first-order chi connectivity index (χ1) is 15.4. The van der Waals surface area contributed by atoms with Crippen molar-refractivity contribution in [1.82, 2.24) is 0 Å². The average molecular weight is 469 g/mol. The van der Waals surface area contributed by atoms with E-state index in [2.05, 4.69) is 0 Å². The molecule has 0 heterocycles. The fourth-order valence-corrected chi connectivity index (χ4v) is 3.33. The van der Waals surface area contributed by atoms with Crippen LogP contribution in [0.3, 0.4) is 0 Å². The molecule has 0 radical (unpaired) electrons. The summed E-state index contributed by atoms with van der Waals surface area (Å²) in [5.41, 5.74) is 3.01. The van der Waals surface area contributed by atoms with Crippen LogP contribution in [0.4, 0.5) is 0 Å². The van der Waals surface area contributed by atoms with Crippen LogP contribution in [0.15, 0.2) is 60.7 Å². The fraction of sp³-hybridized carbons (Fsp3) is 0.115. The highest BCUT2D eigenvalue weighted by Crippen LogP contribution is 2.32. The van der Waals surface area contributed by atoms with Crippen LogP contribution in [0.2, 0.25) is 10.0 Å². The van der Waals surface area contributed by atoms with Crippen molar-refractivity contribution in [2.24, 2.45) is 0 Å². The van der Waals surface area contributed by atoms with E-state index in [9.17, 15) is 4.79 Å². The lowest BCUT2D eigenvalue weighted by atomic mass is 10.0. The summed E-state index contributed by atoms with van der Waals surface area (Å²) < 4.78 is 16.2. The molecule has 0 atom stereocenters. The van der Waals surface area contributed by atoms with Crippen molar-refractivity contribution in [2.45, 2.75) is 0 Å². The van der Waals surface area contributed by atoms with Crippen molar-refractivity contribution in [1.29, 1.82) is 0 Å². The lowest BCUT2D eigenvalue weighted by Gasteiger charge is -2.11. The maximum atomic E-state index is 12.7. The van der Waals surface area contributed by atoms with Crippen LogP contribution in [-0.2, 0) is 0 Å². The van der Waals surface area contributed by atoms with E-state index in [0.29, 0.717) is 27.1 Å². The second-order valence-corrected chi connectivity index (χ2v) is 7.58. The van der Waals surface area contributed by atoms with E-state index in [4.69, 9.17) is 37.4 Å². The van der Waals surface area contributed by atoms with E-state index in [1.54, 1.807) is 51.7 Å². The van der Waals surface area contributed by atoms with Crippen LogP contribution in [0.25, 0.3) is 18.2 Å². The fourth-order valence-electron chi connectivity index (χ4n) is 3.03. The van der Waals surface area contributed by atoms with E-state index in [1.165, 1.54) is 6.08 Å². The number of hydrogen-bond donors (Lipinski definition) is 0. The number of carbonyl (C=O) groups is 1. The zero-order valence-electron chi connectivity index (χ0n) is 17.9. The molecule has 0 aliphatic heterocycles. The van der Waals surface area contributed by atoms with Gasteiger partial charge in [0, 0.05) is 17.2 Å². The minimum atomic E-state index is -0.202. The molecular formula is C26H22Cl2O4. The van der Waals surface area contributed by atoms with E-state index >= 15 is 0 Å². The number of methoxy groups -OCH3 is 3. The zero-order chi connectivity index (χ0) is 23.1. The summed E-state index contributed by atoms with van der Waals surface area (Å²) >= 11 is 12.0. The van der Waals surface area contributed by atoms with Crippen molar-refractivity contribution in [3.8, 4) is 17.2 Å². The Labute approximate surface area is 197 Å². The average Bonchev–Trinajstić information content (AvgIpc) is 2.82. The van der Waals surface area contributed by atoms with E-state index in [0.717, 1.165) is 22.4 Å². The molecule has 6 heteroatoms. The number of rotatable bonds is 8. The van der Waals surface area contributed by atoms with Crippen LogP contribution in [-0.4, -0.2) is 27.1 Å². The quantitative estimate of drug-likeness (QED) is 0.201. The van der Waals surface area contributed by atoms with Crippen LogP contribution < -0.4 is 14.2 Å². The molecule has 0 aliphatic carbocycles. The molecule has 0 unspecified atom stereocenters. The van der Waals surface area contributed by atoms with Crippen LogP contribution >= 0.6 is 23.2 Å². The predicted molar refractivity (Wildman–Crippen MR) is 131 cm³/mol. The van der Waals surface area contributed by atoms with Crippen molar-refractivity contribution in [3.63, 3.8) is 0 Å². The Hall–Kier alpha value is -3.21. The number of allylic oxidation sites excluding steroid dienone is 1. The lowest BCUT2D eigenvalue weighted by molar-refractivity contribution is 0.104. The van der Waals surface area contributed by atoms with Crippen molar-refractivity contribution in [3.05, 3.63) is 93.0 Å². The summed E-state index contributed by atoms with van der Waals surface area (Å²) in [6.45, 7) is 0. The molecule has 0 spiro atoms. The molecule has 3 aromatic carbocycles. The molecule has 0 aromatic heterocycles. The number of carbonyl (C=O) groups excluding carboxylic acids is 1. The molecule has 0 fully saturated rings. The van der Waals surface area contributed by atoms with Gasteiger partial charge in [-0.15, -0.1) is 0 Å². The van der Waals surface area contributed by atoms with Crippen LogP contribution in [0.1, 0.15) is 27.0 Å². The van der Waals surface area contributed by atoms with Crippen LogP contribution in [0, 0.1) is 0 Å². The summed E-state index contributed by atoms with van der Waals surface area (Å²) in [6, 6.07) is 16.1. The van der Waals surface area contributed by atoms with Gasteiger partial charge in [-0.2, -0.15) is 0 Å². The molecule has 0 aliphatic rings. The third-order valence-electron chi connectivity index (χ3n) is 4.78. The molecule has 3 rings (SSSR count). The van der Waals surface area contributed by atoms with E-state index < -0.39 is 0 Å². The maximum Gasteiger partial charge on any atom is 0.185 e. The van der Waals surface area contributed by atoms with Gasteiger partial charge in [0.05, 0.1) is 31.4 Å². The number of ether oxygens (including phenoxy) is 3. The van der Waals surface area contributed by atoms with Gasteiger partial charge in [0.1, 0.15) is 17.2 Å². The Morgan fingerprint density at radius 3 is 2.09 bits per heavy atom. The first-order valence-electron chi connectivity index (χ1n) is 9.70. The summed E-state index contributed by atoms with van der Waals surface area (Å²) in [4.78, 5) is 12.7. The van der Waals surface area contributed by atoms with Gasteiger partial charge in [0.15, 0.2) is 5.78 Å². The van der Waals surface area contributed by atoms with E-state index in [1.807, 2.05) is 42.5 Å². The standard InChI is InChI=1S/C26H22Cl2O4/c1-30-20-9-5-17(6-10-20)4-7-18-14-21(31-2)16-26(32-3)22(18)11-13-25(29)19-8-12-23(27)24(28)15-19/h4-16H,1-3H3/b7-4+,13-11+. The van der Waals surface area contributed by atoms with Gasteiger partial charge >= 0.3 is 0 Å². The van der Waals surface area contributed by atoms with Crippen molar-refractivity contribution < 1.29 is 19.0 Å². The second kappa shape index (κ2) is 10.9. The smallest absolute Gasteiger partial charge is 0.185 e. The summed E-state index contributed by atoms with van der Waals surface area (Å²) in [5.74, 6) is 1.81. The highest BCUT2D eigenvalue weighted by atomic mass is 35.5. The Morgan fingerprint density at radius 1 is 0.750 bits per heavy atom. The zero-order valence-corrected chi connectivity index (χ0v) is 19.4. The van der Waals surface area contributed by atoms with Crippen molar-refractivity contribution >= 4 is 47.2 Å². The minimum absolute atomic E-state index is 0.202. The van der Waals surface area contributed by atoms with Gasteiger partial charge in [-0.3, -0.25) is 4.79 Å². The first kappa shape index (κ1) is 23.5. The second-order valence-electron chi connectivity index (χ2n) is 6.77. The third-order valence-corrected chi connectivity index (χ3v) is 5.52. The highest BCUT2D eigenvalue weighted by molar-refractivity contribution is 6.42. The third kappa shape index (κ3) is 5.72. The predicted octanol–water partition coefficient (Wildman–Crippen LogP) is 7.09. The van der Waals surface area contributed by atoms with E-state index in [-0.39, 0.29) is 5.78 Å². The monoisotopic (exact) mass is 468 g/mol. The van der Waals surface area contributed by atoms with Gasteiger partial charge in [0.25, 0.3) is 0 Å². The number of hydrogen-bond acceptors (Lipinski definition) is 4. The number of benzene rings is 3. The molecular weight excluding hydrogens is 447 g/mol. The van der Waals surface area contributed by atoms with Gasteiger partial charge < -0.3 is 14.2 Å². The molecule has 32 heavy (non-hydrogen) atoms. The normalized spacial score (nSPS) is 11.2. The molecule has 0 saturated carbocycles. The molecule has 0 amide bonds. The molecule has 0 bridgehead atoms. The van der Waals surface area contributed by atoms with Crippen LogP contribution in [0.5, 0.6) is 17.2 Å². The molecule has 3 aromatic rings. The summed E-state index contributed by atoms with van der Waals surface area (Å²) in [7, 11) is 4.80. The molecule has 4 nitrogen and oxygen atoms in total. The van der Waals surface area contributed by atoms with Crippen molar-refractivity contribution in [2.75, 3.05) is 21.3 Å². The van der Waals surface area contributed by atoms with Gasteiger partial charge in [0.2, 0.25) is 0 Å². The topological polar surface area (TPSA) is 44.8 Å². The van der Waals surface area contributed by atoms with Gasteiger partial charge in [-0.25, -0.2) is 0 Å². The Kier molecular flexibility index (Phi) is 7.98. The Bertz CT molecular complexity index is 1170. The number of halogens is 2. The molecule has 0 N–H and O–H groups in total. The van der Waals surface area contributed by atoms with Gasteiger partial charge in [-0.05, 0) is 59.7 Å². The Morgan fingerprint density at radius 2 is 1.47 bits per heavy atom. The van der Waals surface area contributed by atoms with Gasteiger partial charge in [-0.1, -0.05) is 47.5 Å². The SMILES string of the molecule is COc1ccc(/C=C/c2cc(OC)cc(OC)c2/C=C/C(=O)c2ccc(Cl)c(Cl)c2)cc1. The maximum absolute atomic E-state index is 12.7. The lowest BCUT2D eigenvalue weighted by Crippen LogP contribution is -1.96. The first-order valence-corrected chi connectivity index (χ1v) is 10.5. The minimum Gasteiger partial charge on any atom is -0.497 e. The molecule has 164 valence electrons. The highest BCUT2D eigenvalue weighted by Gasteiger charge is 2.11.